The van der Waals surface area contributed by atoms with Crippen LogP contribution in [0.4, 0.5) is 0 Å². The fraction of sp³-hybridized carbons (Fsp3) is 0. The lowest BCUT2D eigenvalue weighted by molar-refractivity contribution is 0.669. The summed E-state index contributed by atoms with van der Waals surface area (Å²) in [7, 11) is 2.13. The van der Waals surface area contributed by atoms with E-state index in [-0.39, 0.29) is 0 Å². The Balaban J connectivity index is 1.27. The second kappa shape index (κ2) is 10.00. The molecule has 0 bridgehead atoms. The highest BCUT2D eigenvalue weighted by Crippen LogP contribution is 2.36. The summed E-state index contributed by atoms with van der Waals surface area (Å²) >= 11 is 0. The molecule has 0 spiro atoms. The van der Waals surface area contributed by atoms with Gasteiger partial charge in [0.25, 0.3) is 0 Å². The van der Waals surface area contributed by atoms with E-state index in [9.17, 15) is 0 Å². The van der Waals surface area contributed by atoms with Gasteiger partial charge in [-0.25, -0.2) is 4.98 Å². The van der Waals surface area contributed by atoms with E-state index in [2.05, 4.69) is 59.9 Å². The Bertz CT molecular complexity index is 2500. The van der Waals surface area contributed by atoms with E-state index in [1.807, 2.05) is 91.3 Å². The van der Waals surface area contributed by atoms with Crippen molar-refractivity contribution in [2.45, 2.75) is 0 Å². The van der Waals surface area contributed by atoms with Crippen molar-refractivity contribution in [1.82, 2.24) is 24.5 Å². The molecule has 0 saturated carbocycles. The molecule has 0 saturated heterocycles. The van der Waals surface area contributed by atoms with Crippen LogP contribution in [0.25, 0.3) is 83.6 Å². The zero-order valence-corrected chi connectivity index (χ0v) is 24.3. The molecule has 0 aliphatic heterocycles. The Morgan fingerprint density at radius 3 is 1.93 bits per heavy atom. The van der Waals surface area contributed by atoms with E-state index in [0.29, 0.717) is 17.6 Å². The third-order valence-electron chi connectivity index (χ3n) is 8.49. The van der Waals surface area contributed by atoms with Crippen LogP contribution >= 0.6 is 0 Å². The van der Waals surface area contributed by atoms with Crippen LogP contribution < -0.4 is 5.46 Å². The molecule has 0 unspecified atom stereocenters. The van der Waals surface area contributed by atoms with E-state index >= 15 is 0 Å². The van der Waals surface area contributed by atoms with E-state index in [1.165, 1.54) is 5.46 Å². The van der Waals surface area contributed by atoms with Gasteiger partial charge < -0.3 is 4.42 Å². The van der Waals surface area contributed by atoms with E-state index < -0.39 is 0 Å². The molecule has 4 aromatic heterocycles. The fourth-order valence-electron chi connectivity index (χ4n) is 6.34. The SMILES string of the molecule is Bc1cccc2oc3ccc(-c4ccc5c(c4)c4cnccc4n5-c4nc(-c5ccccc5)nc(-c5ccccc5)n4)cc3c12. The van der Waals surface area contributed by atoms with Crippen molar-refractivity contribution in [2.75, 3.05) is 0 Å². The minimum atomic E-state index is 0.559. The number of nitrogens with zero attached hydrogens (tertiary/aromatic N) is 5. The van der Waals surface area contributed by atoms with Crippen LogP contribution in [-0.2, 0) is 0 Å². The quantitative estimate of drug-likeness (QED) is 0.202. The third-order valence-corrected chi connectivity index (χ3v) is 8.49. The highest BCUT2D eigenvalue weighted by molar-refractivity contribution is 6.41. The topological polar surface area (TPSA) is 69.6 Å². The first-order valence-corrected chi connectivity index (χ1v) is 14.9. The van der Waals surface area contributed by atoms with Crippen molar-refractivity contribution in [1.29, 1.82) is 0 Å². The first-order valence-electron chi connectivity index (χ1n) is 14.9. The summed E-state index contributed by atoms with van der Waals surface area (Å²) in [6.45, 7) is 0. The van der Waals surface area contributed by atoms with Gasteiger partial charge in [-0.2, -0.15) is 9.97 Å². The predicted octanol–water partition coefficient (Wildman–Crippen LogP) is 7.52. The second-order valence-electron chi connectivity index (χ2n) is 11.2. The molecule has 0 aliphatic carbocycles. The van der Waals surface area contributed by atoms with Crippen LogP contribution in [-0.4, -0.2) is 32.3 Å². The molecule has 210 valence electrons. The van der Waals surface area contributed by atoms with Gasteiger partial charge in [-0.15, -0.1) is 0 Å². The second-order valence-corrected chi connectivity index (χ2v) is 11.2. The Morgan fingerprint density at radius 1 is 0.533 bits per heavy atom. The summed E-state index contributed by atoms with van der Waals surface area (Å²) in [5.41, 5.74) is 9.08. The number of hydrogen-bond donors (Lipinski definition) is 0. The van der Waals surface area contributed by atoms with Crippen LogP contribution in [0.3, 0.4) is 0 Å². The molecule has 0 atom stereocenters. The molecule has 6 nitrogen and oxygen atoms in total. The number of pyridine rings is 1. The Morgan fingerprint density at radius 2 is 1.20 bits per heavy atom. The van der Waals surface area contributed by atoms with E-state index in [4.69, 9.17) is 19.4 Å². The summed E-state index contributed by atoms with van der Waals surface area (Å²) in [4.78, 5) is 19.4. The van der Waals surface area contributed by atoms with Crippen LogP contribution in [0.1, 0.15) is 0 Å². The first kappa shape index (κ1) is 25.4. The van der Waals surface area contributed by atoms with Crippen molar-refractivity contribution in [3.05, 3.63) is 134 Å². The lowest BCUT2D eigenvalue weighted by Crippen LogP contribution is -2.06. The van der Waals surface area contributed by atoms with Crippen LogP contribution in [0, 0.1) is 0 Å². The van der Waals surface area contributed by atoms with Gasteiger partial charge in [0, 0.05) is 45.1 Å². The molecule has 9 rings (SSSR count). The van der Waals surface area contributed by atoms with Crippen LogP contribution in [0.15, 0.2) is 138 Å². The van der Waals surface area contributed by atoms with E-state index in [1.54, 1.807) is 0 Å². The van der Waals surface area contributed by atoms with Crippen molar-refractivity contribution >= 4 is 57.1 Å². The number of hydrogen-bond acceptors (Lipinski definition) is 5. The number of aromatic nitrogens is 5. The monoisotopic (exact) mass is 577 g/mol. The summed E-state index contributed by atoms with van der Waals surface area (Å²) in [6, 6.07) is 41.3. The molecule has 0 aliphatic rings. The predicted molar refractivity (Wildman–Crippen MR) is 184 cm³/mol. The average Bonchev–Trinajstić information content (AvgIpc) is 3.64. The minimum Gasteiger partial charge on any atom is -0.456 e. The van der Waals surface area contributed by atoms with Gasteiger partial charge in [0.15, 0.2) is 11.6 Å². The standard InChI is InChI=1S/C38H24BN5O/c39-30-12-7-13-34-35(30)28-21-26(15-17-33(28)45-34)25-14-16-31-27(20-25)29-22-40-19-18-32(29)44(31)38-42-36(23-8-3-1-4-9-23)41-37(43-38)24-10-5-2-6-11-24/h1-22H,39H2. The normalized spacial score (nSPS) is 11.6. The molecule has 45 heavy (non-hydrogen) atoms. The highest BCUT2D eigenvalue weighted by Gasteiger charge is 2.19. The Labute approximate surface area is 259 Å². The maximum absolute atomic E-state index is 6.16. The van der Waals surface area contributed by atoms with Crippen molar-refractivity contribution < 1.29 is 4.42 Å². The molecule has 7 heteroatoms. The first-order chi connectivity index (χ1) is 22.2. The fourth-order valence-corrected chi connectivity index (χ4v) is 6.34. The van der Waals surface area contributed by atoms with Crippen molar-refractivity contribution in [3.8, 4) is 39.9 Å². The number of furan rings is 1. The van der Waals surface area contributed by atoms with E-state index in [0.717, 1.165) is 66.0 Å². The smallest absolute Gasteiger partial charge is 0.238 e. The lowest BCUT2D eigenvalue weighted by atomic mass is 9.90. The number of fused-ring (bicyclic) bond motifs is 6. The summed E-state index contributed by atoms with van der Waals surface area (Å²) < 4.78 is 8.27. The van der Waals surface area contributed by atoms with Gasteiger partial charge in [-0.05, 0) is 47.5 Å². The summed E-state index contributed by atoms with van der Waals surface area (Å²) in [5, 5.41) is 4.39. The van der Waals surface area contributed by atoms with Crippen molar-refractivity contribution in [2.24, 2.45) is 0 Å². The number of rotatable bonds is 4. The Hall–Kier alpha value is -6.08. The molecule has 9 aromatic rings. The largest absolute Gasteiger partial charge is 0.456 e. The molecule has 0 radical (unpaired) electrons. The molecular weight excluding hydrogens is 553 g/mol. The van der Waals surface area contributed by atoms with Gasteiger partial charge >= 0.3 is 0 Å². The molecule has 0 amide bonds. The summed E-state index contributed by atoms with van der Waals surface area (Å²) in [5.74, 6) is 1.80. The van der Waals surface area contributed by atoms with Gasteiger partial charge in [0.05, 0.1) is 11.0 Å². The Kier molecular flexibility index (Phi) is 5.65. The lowest BCUT2D eigenvalue weighted by Gasteiger charge is -2.11. The van der Waals surface area contributed by atoms with Gasteiger partial charge in [0.2, 0.25) is 5.95 Å². The molecule has 5 aromatic carbocycles. The maximum atomic E-state index is 6.16. The van der Waals surface area contributed by atoms with Gasteiger partial charge in [0.1, 0.15) is 19.0 Å². The van der Waals surface area contributed by atoms with Gasteiger partial charge in [-0.1, -0.05) is 90.4 Å². The molecule has 0 fully saturated rings. The maximum Gasteiger partial charge on any atom is 0.238 e. The van der Waals surface area contributed by atoms with Crippen molar-refractivity contribution in [3.63, 3.8) is 0 Å². The summed E-state index contributed by atoms with van der Waals surface area (Å²) in [6.07, 6.45) is 3.74. The van der Waals surface area contributed by atoms with Gasteiger partial charge in [-0.3, -0.25) is 9.55 Å². The molecule has 0 N–H and O–H groups in total. The third kappa shape index (κ3) is 4.13. The highest BCUT2D eigenvalue weighted by atomic mass is 16.3. The van der Waals surface area contributed by atoms with Crippen LogP contribution in [0.5, 0.6) is 0 Å². The molecule has 4 heterocycles. The minimum absolute atomic E-state index is 0.559. The average molecular weight is 577 g/mol. The van der Waals surface area contributed by atoms with Crippen LogP contribution in [0.2, 0.25) is 0 Å². The zero-order valence-electron chi connectivity index (χ0n) is 24.3. The number of benzene rings is 5. The molecular formula is C38H24BN5O. The zero-order chi connectivity index (χ0) is 29.9.